The molecule has 4 heteroatoms. The van der Waals surface area contributed by atoms with Gasteiger partial charge in [-0.3, -0.25) is 0 Å². The molecule has 0 saturated carbocycles. The maximum Gasteiger partial charge on any atom is 0.338 e. The van der Waals surface area contributed by atoms with Gasteiger partial charge in [-0.1, -0.05) is 12.1 Å². The molecule has 0 radical (unpaired) electrons. The third-order valence-corrected chi connectivity index (χ3v) is 4.37. The van der Waals surface area contributed by atoms with Gasteiger partial charge >= 0.3 is 5.97 Å². The predicted octanol–water partition coefficient (Wildman–Crippen LogP) is 1.62. The highest BCUT2D eigenvalue weighted by molar-refractivity contribution is 5.92. The van der Waals surface area contributed by atoms with Gasteiger partial charge in [-0.15, -0.1) is 0 Å². The van der Waals surface area contributed by atoms with Crippen molar-refractivity contribution in [2.75, 3.05) is 26.2 Å². The molecule has 4 nitrogen and oxygen atoms in total. The molecule has 0 unspecified atom stereocenters. The second-order valence-electron chi connectivity index (χ2n) is 6.32. The van der Waals surface area contributed by atoms with Crippen molar-refractivity contribution in [1.29, 1.82) is 0 Å². The Bertz CT molecular complexity index is 530. The van der Waals surface area contributed by atoms with Crippen LogP contribution in [0.1, 0.15) is 35.3 Å². The van der Waals surface area contributed by atoms with Crippen LogP contribution in [0.25, 0.3) is 0 Å². The summed E-state index contributed by atoms with van der Waals surface area (Å²) < 4.78 is 5.27. The van der Waals surface area contributed by atoms with Gasteiger partial charge in [-0.05, 0) is 37.5 Å². The van der Waals surface area contributed by atoms with Crippen molar-refractivity contribution in [1.82, 2.24) is 10.2 Å². The molecule has 3 rings (SSSR count). The molecule has 0 aliphatic carbocycles. The van der Waals surface area contributed by atoms with Crippen molar-refractivity contribution in [3.8, 4) is 0 Å². The van der Waals surface area contributed by atoms with Crippen LogP contribution in [0, 0.1) is 0 Å². The van der Waals surface area contributed by atoms with Crippen molar-refractivity contribution >= 4 is 5.97 Å². The number of hydrogen-bond donors (Lipinski definition) is 1. The van der Waals surface area contributed by atoms with Crippen molar-refractivity contribution in [3.05, 3.63) is 34.9 Å². The van der Waals surface area contributed by atoms with Crippen molar-refractivity contribution in [2.24, 2.45) is 0 Å². The van der Waals surface area contributed by atoms with E-state index in [-0.39, 0.29) is 12.1 Å². The number of esters is 1. The summed E-state index contributed by atoms with van der Waals surface area (Å²) >= 11 is 0. The van der Waals surface area contributed by atoms with Crippen LogP contribution in [0.15, 0.2) is 18.2 Å². The largest absolute Gasteiger partial charge is 0.459 e. The SMILES string of the molecule is C[C@@H]1CN(CCc2ccc3c(c2)C[C@H](C)OC3=O)CCN1. The van der Waals surface area contributed by atoms with E-state index in [4.69, 9.17) is 4.74 Å². The minimum absolute atomic E-state index is 0.00531. The zero-order valence-electron chi connectivity index (χ0n) is 12.9. The molecule has 0 spiro atoms. The number of benzene rings is 1. The lowest BCUT2D eigenvalue weighted by atomic mass is 9.96. The van der Waals surface area contributed by atoms with Gasteiger partial charge in [-0.25, -0.2) is 4.79 Å². The number of cyclic esters (lactones) is 1. The zero-order valence-corrected chi connectivity index (χ0v) is 12.9. The molecule has 1 N–H and O–H groups in total. The van der Waals surface area contributed by atoms with Gasteiger partial charge < -0.3 is 15.0 Å². The Morgan fingerprint density at radius 1 is 1.38 bits per heavy atom. The lowest BCUT2D eigenvalue weighted by Gasteiger charge is -2.31. The van der Waals surface area contributed by atoms with Crippen LogP contribution in [0.4, 0.5) is 0 Å². The third-order valence-electron chi connectivity index (χ3n) is 4.37. The van der Waals surface area contributed by atoms with Gasteiger partial charge in [0.1, 0.15) is 6.10 Å². The normalized spacial score (nSPS) is 26.3. The van der Waals surface area contributed by atoms with Gasteiger partial charge in [0, 0.05) is 38.6 Å². The summed E-state index contributed by atoms with van der Waals surface area (Å²) in [5.41, 5.74) is 3.21. The van der Waals surface area contributed by atoms with E-state index in [0.29, 0.717) is 6.04 Å². The molecule has 2 atom stereocenters. The van der Waals surface area contributed by atoms with Crippen molar-refractivity contribution in [2.45, 2.75) is 38.8 Å². The topological polar surface area (TPSA) is 41.6 Å². The zero-order chi connectivity index (χ0) is 14.8. The molecule has 114 valence electrons. The Kier molecular flexibility index (Phi) is 4.27. The monoisotopic (exact) mass is 288 g/mol. The fourth-order valence-electron chi connectivity index (χ4n) is 3.27. The number of piperazine rings is 1. The number of hydrogen-bond acceptors (Lipinski definition) is 4. The fourth-order valence-corrected chi connectivity index (χ4v) is 3.27. The van der Waals surface area contributed by atoms with Gasteiger partial charge in [0.25, 0.3) is 0 Å². The van der Waals surface area contributed by atoms with E-state index in [1.807, 2.05) is 13.0 Å². The minimum atomic E-state index is -0.175. The average Bonchev–Trinajstić information content (AvgIpc) is 2.44. The average molecular weight is 288 g/mol. The highest BCUT2D eigenvalue weighted by Gasteiger charge is 2.23. The maximum absolute atomic E-state index is 11.8. The van der Waals surface area contributed by atoms with E-state index in [0.717, 1.165) is 50.1 Å². The van der Waals surface area contributed by atoms with E-state index in [2.05, 4.69) is 29.3 Å². The fraction of sp³-hybridized carbons (Fsp3) is 0.588. The quantitative estimate of drug-likeness (QED) is 0.858. The number of rotatable bonds is 3. The van der Waals surface area contributed by atoms with Crippen LogP contribution >= 0.6 is 0 Å². The number of carbonyl (C=O) groups excluding carboxylic acids is 1. The van der Waals surface area contributed by atoms with Crippen molar-refractivity contribution < 1.29 is 9.53 Å². The maximum atomic E-state index is 11.8. The smallest absolute Gasteiger partial charge is 0.338 e. The van der Waals surface area contributed by atoms with E-state index >= 15 is 0 Å². The first-order valence-electron chi connectivity index (χ1n) is 7.90. The Morgan fingerprint density at radius 2 is 2.24 bits per heavy atom. The van der Waals surface area contributed by atoms with Crippen LogP contribution in [0.5, 0.6) is 0 Å². The number of fused-ring (bicyclic) bond motifs is 1. The molecule has 0 bridgehead atoms. The molecule has 1 aromatic carbocycles. The summed E-state index contributed by atoms with van der Waals surface area (Å²) in [6, 6.07) is 6.77. The molecule has 1 saturated heterocycles. The van der Waals surface area contributed by atoms with E-state index in [1.165, 1.54) is 5.56 Å². The molecule has 1 aromatic rings. The summed E-state index contributed by atoms with van der Waals surface area (Å²) in [6.45, 7) is 8.60. The molecule has 1 fully saturated rings. The highest BCUT2D eigenvalue weighted by atomic mass is 16.5. The predicted molar refractivity (Wildman–Crippen MR) is 82.6 cm³/mol. The Hall–Kier alpha value is -1.39. The van der Waals surface area contributed by atoms with Crippen LogP contribution < -0.4 is 5.32 Å². The number of ether oxygens (including phenoxy) is 1. The molecular formula is C17H24N2O2. The summed E-state index contributed by atoms with van der Waals surface area (Å²) in [4.78, 5) is 14.3. The third kappa shape index (κ3) is 3.44. The van der Waals surface area contributed by atoms with Gasteiger partial charge in [-0.2, -0.15) is 0 Å². The highest BCUT2D eigenvalue weighted by Crippen LogP contribution is 2.22. The second-order valence-corrected chi connectivity index (χ2v) is 6.32. The number of nitrogens with zero attached hydrogens (tertiary/aromatic N) is 1. The van der Waals surface area contributed by atoms with Crippen LogP contribution in [-0.4, -0.2) is 49.2 Å². The number of carbonyl (C=O) groups is 1. The molecule has 2 aliphatic rings. The summed E-state index contributed by atoms with van der Waals surface area (Å²) in [5, 5.41) is 3.47. The first kappa shape index (κ1) is 14.5. The molecule has 2 heterocycles. The van der Waals surface area contributed by atoms with Gasteiger partial charge in [0.2, 0.25) is 0 Å². The minimum Gasteiger partial charge on any atom is -0.459 e. The van der Waals surface area contributed by atoms with Crippen molar-refractivity contribution in [3.63, 3.8) is 0 Å². The summed E-state index contributed by atoms with van der Waals surface area (Å²) in [7, 11) is 0. The van der Waals surface area contributed by atoms with Gasteiger partial charge in [0.05, 0.1) is 5.56 Å². The molecular weight excluding hydrogens is 264 g/mol. The van der Waals surface area contributed by atoms with Crippen LogP contribution in [0.2, 0.25) is 0 Å². The van der Waals surface area contributed by atoms with Crippen LogP contribution in [-0.2, 0) is 17.6 Å². The van der Waals surface area contributed by atoms with E-state index in [1.54, 1.807) is 0 Å². The Morgan fingerprint density at radius 3 is 3.05 bits per heavy atom. The molecule has 2 aliphatic heterocycles. The summed E-state index contributed by atoms with van der Waals surface area (Å²) in [5.74, 6) is -0.175. The first-order chi connectivity index (χ1) is 10.1. The molecule has 21 heavy (non-hydrogen) atoms. The lowest BCUT2D eigenvalue weighted by Crippen LogP contribution is -2.49. The second kappa shape index (κ2) is 6.16. The number of nitrogens with one attached hydrogen (secondary N) is 1. The Balaban J connectivity index is 1.64. The van der Waals surface area contributed by atoms with E-state index in [9.17, 15) is 4.79 Å². The molecule has 0 amide bonds. The Labute approximate surface area is 126 Å². The summed E-state index contributed by atoms with van der Waals surface area (Å²) in [6.07, 6.45) is 1.87. The van der Waals surface area contributed by atoms with E-state index < -0.39 is 0 Å². The van der Waals surface area contributed by atoms with Crippen LogP contribution in [0.3, 0.4) is 0 Å². The molecule has 0 aromatic heterocycles. The first-order valence-corrected chi connectivity index (χ1v) is 7.90. The lowest BCUT2D eigenvalue weighted by molar-refractivity contribution is 0.0301. The van der Waals surface area contributed by atoms with Gasteiger partial charge in [0.15, 0.2) is 0 Å². The standard InChI is InChI=1S/C17H24N2O2/c1-12-11-19(8-6-18-12)7-5-14-3-4-16-15(10-14)9-13(2)21-17(16)20/h3-4,10,12-13,18H,5-9,11H2,1-2H3/t12-,13+/m1/s1.